The molecule has 0 saturated carbocycles. The van der Waals surface area contributed by atoms with E-state index in [1.807, 2.05) is 0 Å². The largest absolute Gasteiger partial charge is 0.457 e. The van der Waals surface area contributed by atoms with Crippen molar-refractivity contribution < 1.29 is 19.4 Å². The maximum Gasteiger partial charge on any atom is 0.306 e. The van der Waals surface area contributed by atoms with Gasteiger partial charge >= 0.3 is 5.97 Å². The molecule has 0 aliphatic carbocycles. The molecule has 0 saturated heterocycles. The average molecular weight is 567 g/mol. The Hall–Kier alpha value is -0.870. The molecule has 0 radical (unpaired) electrons. The molecule has 40 heavy (non-hydrogen) atoms. The number of carbonyl (C=O) groups is 1. The number of aliphatic hydroxyl groups excluding tert-OH is 1. The van der Waals surface area contributed by atoms with Crippen molar-refractivity contribution in [2.75, 3.05) is 19.8 Å². The maximum atomic E-state index is 12.1. The third-order valence-electron chi connectivity index (χ3n) is 7.84. The fraction of sp³-hybridized carbons (Fsp3) is 0.917. The summed E-state index contributed by atoms with van der Waals surface area (Å²) in [7, 11) is 0. The van der Waals surface area contributed by atoms with Gasteiger partial charge in [-0.05, 0) is 38.5 Å². The second-order valence-electron chi connectivity index (χ2n) is 11.9. The van der Waals surface area contributed by atoms with E-state index >= 15 is 0 Å². The number of rotatable bonds is 33. The number of unbranched alkanes of at least 4 members (excludes halogenated alkanes) is 23. The topological polar surface area (TPSA) is 55.8 Å². The summed E-state index contributed by atoms with van der Waals surface area (Å²) >= 11 is 0. The summed E-state index contributed by atoms with van der Waals surface area (Å²) in [4.78, 5) is 12.1. The molecule has 4 nitrogen and oxygen atoms in total. The number of hydrogen-bond donors (Lipinski definition) is 1. The van der Waals surface area contributed by atoms with Crippen LogP contribution in [-0.2, 0) is 14.3 Å². The zero-order chi connectivity index (χ0) is 29.2. The molecule has 0 rings (SSSR count). The van der Waals surface area contributed by atoms with Crippen LogP contribution < -0.4 is 0 Å². The summed E-state index contributed by atoms with van der Waals surface area (Å²) in [5, 5.41) is 9.48. The van der Waals surface area contributed by atoms with Crippen LogP contribution >= 0.6 is 0 Å². The van der Waals surface area contributed by atoms with Crippen LogP contribution in [0, 0.1) is 0 Å². The lowest BCUT2D eigenvalue weighted by Gasteiger charge is -2.15. The molecule has 4 heteroatoms. The van der Waals surface area contributed by atoms with Gasteiger partial charge < -0.3 is 14.6 Å². The zero-order valence-corrected chi connectivity index (χ0v) is 27.1. The summed E-state index contributed by atoms with van der Waals surface area (Å²) < 4.78 is 11.0. The van der Waals surface area contributed by atoms with Gasteiger partial charge in [-0.15, -0.1) is 0 Å². The number of allylic oxidation sites excluding steroid dienone is 2. The van der Waals surface area contributed by atoms with Gasteiger partial charge in [0.2, 0.25) is 0 Å². The van der Waals surface area contributed by atoms with Crippen molar-refractivity contribution in [3.8, 4) is 0 Å². The van der Waals surface area contributed by atoms with Gasteiger partial charge in [0, 0.05) is 13.0 Å². The lowest BCUT2D eigenvalue weighted by molar-refractivity contribution is -0.154. The van der Waals surface area contributed by atoms with Crippen molar-refractivity contribution in [1.82, 2.24) is 0 Å². The average Bonchev–Trinajstić information content (AvgIpc) is 2.96. The van der Waals surface area contributed by atoms with Crippen molar-refractivity contribution in [1.29, 1.82) is 0 Å². The highest BCUT2D eigenvalue weighted by Crippen LogP contribution is 2.13. The highest BCUT2D eigenvalue weighted by atomic mass is 16.6. The summed E-state index contributed by atoms with van der Waals surface area (Å²) in [5.74, 6) is -0.203. The van der Waals surface area contributed by atoms with E-state index in [2.05, 4.69) is 26.0 Å². The molecule has 0 heterocycles. The molecule has 0 bridgehead atoms. The fourth-order valence-corrected chi connectivity index (χ4v) is 5.15. The van der Waals surface area contributed by atoms with Crippen molar-refractivity contribution in [3.05, 3.63) is 12.2 Å². The molecular formula is C36H70O4. The molecule has 0 aliphatic rings. The van der Waals surface area contributed by atoms with E-state index in [0.29, 0.717) is 19.6 Å². The van der Waals surface area contributed by atoms with Crippen LogP contribution in [0.3, 0.4) is 0 Å². The Morgan fingerprint density at radius 2 is 0.975 bits per heavy atom. The van der Waals surface area contributed by atoms with Crippen LogP contribution in [0.4, 0.5) is 0 Å². The van der Waals surface area contributed by atoms with E-state index in [-0.39, 0.29) is 12.6 Å². The van der Waals surface area contributed by atoms with Gasteiger partial charge in [-0.3, -0.25) is 4.79 Å². The van der Waals surface area contributed by atoms with Gasteiger partial charge in [-0.2, -0.15) is 0 Å². The predicted molar refractivity (Wildman–Crippen MR) is 173 cm³/mol. The Kier molecular flexibility index (Phi) is 33.6. The Balaban J connectivity index is 3.38. The highest BCUT2D eigenvalue weighted by Gasteiger charge is 2.13. The van der Waals surface area contributed by atoms with Gasteiger partial charge in [0.15, 0.2) is 0 Å². The molecule has 0 amide bonds. The molecule has 0 aromatic heterocycles. The van der Waals surface area contributed by atoms with E-state index in [4.69, 9.17) is 9.47 Å². The molecule has 238 valence electrons. The summed E-state index contributed by atoms with van der Waals surface area (Å²) in [6.07, 6.45) is 38.3. The van der Waals surface area contributed by atoms with Crippen LogP contribution in [0.5, 0.6) is 0 Å². The van der Waals surface area contributed by atoms with E-state index in [0.717, 1.165) is 19.3 Å². The first kappa shape index (κ1) is 39.1. The quantitative estimate of drug-likeness (QED) is 0.0487. The van der Waals surface area contributed by atoms with Gasteiger partial charge in [0.05, 0.1) is 13.2 Å². The van der Waals surface area contributed by atoms with Crippen LogP contribution in [0.2, 0.25) is 0 Å². The Morgan fingerprint density at radius 3 is 1.43 bits per heavy atom. The van der Waals surface area contributed by atoms with Crippen LogP contribution in [0.1, 0.15) is 187 Å². The second kappa shape index (κ2) is 34.3. The number of aliphatic hydroxyl groups is 1. The minimum Gasteiger partial charge on any atom is -0.457 e. The van der Waals surface area contributed by atoms with Gasteiger partial charge in [-0.25, -0.2) is 0 Å². The Bertz CT molecular complexity index is 519. The standard InChI is InChI=1S/C36H70O4/c1-3-5-7-9-11-12-13-14-15-16-17-18-19-20-21-22-23-24-25-27-29-31-36(38)40-35(33-37)34-39-32-30-28-26-10-8-6-4-2/h16-17,35,37H,3-15,18-34H2,1-2H3/b17-16-. The maximum absolute atomic E-state index is 12.1. The van der Waals surface area contributed by atoms with Crippen molar-refractivity contribution in [2.24, 2.45) is 0 Å². The molecule has 0 spiro atoms. The molecule has 0 aliphatic heterocycles. The fourth-order valence-electron chi connectivity index (χ4n) is 5.15. The van der Waals surface area contributed by atoms with Crippen LogP contribution in [0.25, 0.3) is 0 Å². The first-order valence-electron chi connectivity index (χ1n) is 17.8. The molecule has 1 N–H and O–H groups in total. The first-order chi connectivity index (χ1) is 19.7. The monoisotopic (exact) mass is 567 g/mol. The lowest BCUT2D eigenvalue weighted by atomic mass is 10.1. The minimum absolute atomic E-state index is 0.168. The lowest BCUT2D eigenvalue weighted by Crippen LogP contribution is -2.27. The number of ether oxygens (including phenoxy) is 2. The van der Waals surface area contributed by atoms with Gasteiger partial charge in [0.1, 0.15) is 6.10 Å². The smallest absolute Gasteiger partial charge is 0.306 e. The van der Waals surface area contributed by atoms with E-state index < -0.39 is 6.10 Å². The van der Waals surface area contributed by atoms with Crippen molar-refractivity contribution in [2.45, 2.75) is 193 Å². The predicted octanol–water partition coefficient (Wildman–Crippen LogP) is 11.0. The van der Waals surface area contributed by atoms with Gasteiger partial charge in [-0.1, -0.05) is 154 Å². The second-order valence-corrected chi connectivity index (χ2v) is 11.9. The van der Waals surface area contributed by atoms with Crippen LogP contribution in [-0.4, -0.2) is 37.0 Å². The SMILES string of the molecule is CCCCCCCCCC/C=C\CCCCCCCCCCCC(=O)OC(CO)COCCCCCCCCC. The highest BCUT2D eigenvalue weighted by molar-refractivity contribution is 5.69. The third kappa shape index (κ3) is 31.7. The van der Waals surface area contributed by atoms with E-state index in [9.17, 15) is 9.90 Å². The Morgan fingerprint density at radius 1 is 0.575 bits per heavy atom. The van der Waals surface area contributed by atoms with Crippen molar-refractivity contribution in [3.63, 3.8) is 0 Å². The minimum atomic E-state index is -0.526. The molecule has 0 aromatic rings. The molecule has 1 unspecified atom stereocenters. The number of carbonyl (C=O) groups excluding carboxylic acids is 1. The number of esters is 1. The van der Waals surface area contributed by atoms with Gasteiger partial charge in [0.25, 0.3) is 0 Å². The number of hydrogen-bond acceptors (Lipinski definition) is 4. The Labute approximate surface area is 250 Å². The summed E-state index contributed by atoms with van der Waals surface area (Å²) in [6.45, 7) is 5.33. The summed E-state index contributed by atoms with van der Waals surface area (Å²) in [5.41, 5.74) is 0. The molecule has 1 atom stereocenters. The molecule has 0 fully saturated rings. The summed E-state index contributed by atoms with van der Waals surface area (Å²) in [6, 6.07) is 0. The zero-order valence-electron chi connectivity index (χ0n) is 27.1. The molecular weight excluding hydrogens is 496 g/mol. The third-order valence-corrected chi connectivity index (χ3v) is 7.84. The normalized spacial score (nSPS) is 12.4. The first-order valence-corrected chi connectivity index (χ1v) is 17.8. The van der Waals surface area contributed by atoms with Crippen molar-refractivity contribution >= 4 is 5.97 Å². The molecule has 0 aromatic carbocycles. The van der Waals surface area contributed by atoms with E-state index in [1.165, 1.54) is 148 Å². The van der Waals surface area contributed by atoms with Crippen LogP contribution in [0.15, 0.2) is 12.2 Å². The van der Waals surface area contributed by atoms with E-state index in [1.54, 1.807) is 0 Å².